The lowest BCUT2D eigenvalue weighted by Crippen LogP contribution is -2.02. The number of carboxylic acids is 1. The Balaban J connectivity index is 0.00000106. The molecule has 0 aliphatic carbocycles. The number of carboxylic acid groups (broad SMARTS) is 1. The summed E-state index contributed by atoms with van der Waals surface area (Å²) in [7, 11) is 0.500. The van der Waals surface area contributed by atoms with Crippen molar-refractivity contribution in [1.29, 1.82) is 0 Å². The second kappa shape index (κ2) is 6.93. The zero-order chi connectivity index (χ0) is 12.7. The van der Waals surface area contributed by atoms with E-state index in [1.807, 2.05) is 6.92 Å². The van der Waals surface area contributed by atoms with E-state index in [9.17, 15) is 13.6 Å². The van der Waals surface area contributed by atoms with Crippen LogP contribution in [0.3, 0.4) is 0 Å². The van der Waals surface area contributed by atoms with Crippen molar-refractivity contribution in [3.05, 3.63) is 34.9 Å². The summed E-state index contributed by atoms with van der Waals surface area (Å²) in [6, 6.07) is 4.61. The first-order chi connectivity index (χ1) is 7.56. The van der Waals surface area contributed by atoms with Crippen LogP contribution in [0, 0.1) is 0 Å². The molecule has 0 bridgehead atoms. The summed E-state index contributed by atoms with van der Waals surface area (Å²) in [6.45, 7) is 3.30. The molecule has 1 aromatic rings. The van der Waals surface area contributed by atoms with Gasteiger partial charge in [0.2, 0.25) is 0 Å². The Kier molecular flexibility index (Phi) is 6.30. The number of hydrogen-bond donors (Lipinski definition) is 1. The van der Waals surface area contributed by atoms with Gasteiger partial charge in [-0.1, -0.05) is 19.1 Å². The summed E-state index contributed by atoms with van der Waals surface area (Å²) in [6.07, 6.45) is -0.453. The molecule has 0 radical (unpaired) electrons. The van der Waals surface area contributed by atoms with Gasteiger partial charge in [0.05, 0.1) is 12.7 Å². The van der Waals surface area contributed by atoms with E-state index in [4.69, 9.17) is 5.11 Å². The van der Waals surface area contributed by atoms with E-state index in [-0.39, 0.29) is 5.56 Å². The normalized spacial score (nSPS) is 11.3. The van der Waals surface area contributed by atoms with Crippen molar-refractivity contribution in [3.8, 4) is 0 Å². The van der Waals surface area contributed by atoms with Crippen LogP contribution in [0.15, 0.2) is 18.2 Å². The Morgan fingerprint density at radius 3 is 2.38 bits per heavy atom. The summed E-state index contributed by atoms with van der Waals surface area (Å²) in [4.78, 5) is 10.8. The molecule has 1 unspecified atom stereocenters. The van der Waals surface area contributed by atoms with Gasteiger partial charge in [-0.15, -0.1) is 0 Å². The third-order valence-corrected chi connectivity index (χ3v) is 2.20. The fraction of sp³-hybridized carbons (Fsp3) is 0.417. The van der Waals surface area contributed by atoms with E-state index >= 15 is 0 Å². The fourth-order valence-electron chi connectivity index (χ4n) is 1.36. The highest BCUT2D eigenvalue weighted by Gasteiger charge is 2.11. The molecule has 1 atom stereocenters. The van der Waals surface area contributed by atoms with Crippen LogP contribution in [-0.4, -0.2) is 18.3 Å². The monoisotopic (exact) mass is 230 g/mol. The van der Waals surface area contributed by atoms with Gasteiger partial charge in [0.25, 0.3) is 0 Å². The van der Waals surface area contributed by atoms with Crippen LogP contribution < -0.4 is 0 Å². The second-order valence-electron chi connectivity index (χ2n) is 3.19. The quantitative estimate of drug-likeness (QED) is 0.861. The van der Waals surface area contributed by atoms with Crippen molar-refractivity contribution in [3.63, 3.8) is 0 Å². The van der Waals surface area contributed by atoms with Crippen molar-refractivity contribution >= 4 is 5.97 Å². The Morgan fingerprint density at radius 2 is 2.00 bits per heavy atom. The molecule has 2 nitrogen and oxygen atoms in total. The number of alkyl halides is 2. The molecular weight excluding hydrogens is 214 g/mol. The summed E-state index contributed by atoms with van der Waals surface area (Å²) >= 11 is 0. The first kappa shape index (κ1) is 14.6. The third-order valence-electron chi connectivity index (χ3n) is 2.20. The molecule has 0 spiro atoms. The van der Waals surface area contributed by atoms with E-state index in [0.29, 0.717) is 24.7 Å². The predicted octanol–water partition coefficient (Wildman–Crippen LogP) is 3.56. The molecule has 90 valence electrons. The number of carbonyl (C=O) groups is 1. The number of aryl methyl sites for hydroxylation is 1. The van der Waals surface area contributed by atoms with E-state index in [1.54, 1.807) is 6.07 Å². The van der Waals surface area contributed by atoms with Crippen LogP contribution in [0.25, 0.3) is 0 Å². The standard InChI is InChI=1S/C11H13FO2.CH3F/c1-3-8-6-9(7(2)12)4-5-10(8)11(13)14;1-2/h4-7H,3H2,1-2H3,(H,13,14);1H3. The van der Waals surface area contributed by atoms with Gasteiger partial charge in [0.1, 0.15) is 6.17 Å². The SMILES string of the molecule is CCc1cc(C(C)F)ccc1C(=O)O.CF. The van der Waals surface area contributed by atoms with Crippen LogP contribution in [0.4, 0.5) is 8.78 Å². The fourth-order valence-corrected chi connectivity index (χ4v) is 1.36. The Bertz CT molecular complexity index is 349. The van der Waals surface area contributed by atoms with Crippen molar-refractivity contribution in [1.82, 2.24) is 0 Å². The molecule has 0 fully saturated rings. The maximum atomic E-state index is 12.9. The van der Waals surface area contributed by atoms with Crippen LogP contribution in [0.2, 0.25) is 0 Å². The van der Waals surface area contributed by atoms with Gasteiger partial charge in [0, 0.05) is 0 Å². The van der Waals surface area contributed by atoms with Gasteiger partial charge in [-0.2, -0.15) is 0 Å². The predicted molar refractivity (Wildman–Crippen MR) is 59.3 cm³/mol. The molecule has 0 heterocycles. The Morgan fingerprint density at radius 1 is 1.44 bits per heavy atom. The number of hydrogen-bond acceptors (Lipinski definition) is 1. The van der Waals surface area contributed by atoms with Gasteiger partial charge >= 0.3 is 5.97 Å². The zero-order valence-electron chi connectivity index (χ0n) is 9.63. The second-order valence-corrected chi connectivity index (χ2v) is 3.19. The summed E-state index contributed by atoms with van der Waals surface area (Å²) in [5, 5.41) is 8.83. The van der Waals surface area contributed by atoms with Crippen LogP contribution in [-0.2, 0) is 6.42 Å². The maximum Gasteiger partial charge on any atom is 0.335 e. The molecule has 0 aliphatic rings. The zero-order valence-corrected chi connectivity index (χ0v) is 9.63. The lowest BCUT2D eigenvalue weighted by Gasteiger charge is -2.07. The molecule has 4 heteroatoms. The van der Waals surface area contributed by atoms with Crippen molar-refractivity contribution in [2.45, 2.75) is 26.4 Å². The average Bonchev–Trinajstić information content (AvgIpc) is 2.30. The first-order valence-corrected chi connectivity index (χ1v) is 4.94. The molecule has 0 amide bonds. The molecule has 0 saturated heterocycles. The highest BCUT2D eigenvalue weighted by molar-refractivity contribution is 5.89. The van der Waals surface area contributed by atoms with E-state index < -0.39 is 12.1 Å². The van der Waals surface area contributed by atoms with Crippen molar-refractivity contribution < 1.29 is 18.7 Å². The summed E-state index contributed by atoms with van der Waals surface area (Å²) < 4.78 is 22.4. The van der Waals surface area contributed by atoms with E-state index in [1.165, 1.54) is 19.1 Å². The lowest BCUT2D eigenvalue weighted by molar-refractivity contribution is 0.0695. The highest BCUT2D eigenvalue weighted by atomic mass is 19.1. The number of aromatic carboxylic acids is 1. The van der Waals surface area contributed by atoms with Gasteiger partial charge in [0.15, 0.2) is 0 Å². The van der Waals surface area contributed by atoms with Crippen LogP contribution >= 0.6 is 0 Å². The highest BCUT2D eigenvalue weighted by Crippen LogP contribution is 2.20. The minimum atomic E-state index is -1.05. The van der Waals surface area contributed by atoms with Gasteiger partial charge in [-0.05, 0) is 30.5 Å². The molecule has 0 saturated carbocycles. The minimum absolute atomic E-state index is 0.261. The first-order valence-electron chi connectivity index (χ1n) is 4.94. The average molecular weight is 230 g/mol. The van der Waals surface area contributed by atoms with Crippen molar-refractivity contribution in [2.75, 3.05) is 7.18 Å². The number of benzene rings is 1. The number of halogens is 2. The molecule has 1 N–H and O–H groups in total. The smallest absolute Gasteiger partial charge is 0.335 e. The molecule has 0 aromatic heterocycles. The summed E-state index contributed by atoms with van der Waals surface area (Å²) in [5.41, 5.74) is 1.48. The molecule has 1 rings (SSSR count). The maximum absolute atomic E-state index is 12.9. The largest absolute Gasteiger partial charge is 0.478 e. The van der Waals surface area contributed by atoms with Gasteiger partial charge in [-0.3, -0.25) is 4.39 Å². The van der Waals surface area contributed by atoms with Gasteiger partial charge in [-0.25, -0.2) is 9.18 Å². The molecule has 0 aliphatic heterocycles. The molecule has 16 heavy (non-hydrogen) atoms. The van der Waals surface area contributed by atoms with Crippen LogP contribution in [0.5, 0.6) is 0 Å². The van der Waals surface area contributed by atoms with E-state index in [2.05, 4.69) is 0 Å². The number of rotatable bonds is 3. The lowest BCUT2D eigenvalue weighted by atomic mass is 10.0. The summed E-state index contributed by atoms with van der Waals surface area (Å²) in [5.74, 6) is -0.958. The van der Waals surface area contributed by atoms with E-state index in [0.717, 1.165) is 0 Å². The topological polar surface area (TPSA) is 37.3 Å². The van der Waals surface area contributed by atoms with Gasteiger partial charge < -0.3 is 5.11 Å². The minimum Gasteiger partial charge on any atom is -0.478 e. The Hall–Kier alpha value is -1.45. The Labute approximate surface area is 93.9 Å². The molecular formula is C12H16F2O2. The van der Waals surface area contributed by atoms with Crippen molar-refractivity contribution in [2.24, 2.45) is 0 Å². The molecule has 1 aromatic carbocycles. The van der Waals surface area contributed by atoms with Crippen LogP contribution in [0.1, 0.15) is 41.5 Å². The third kappa shape index (κ3) is 3.61.